The van der Waals surface area contributed by atoms with Crippen LogP contribution in [-0.4, -0.2) is 18.7 Å². The maximum atomic E-state index is 12.4. The van der Waals surface area contributed by atoms with E-state index in [-0.39, 0.29) is 10.8 Å². The van der Waals surface area contributed by atoms with Gasteiger partial charge in [-0.15, -0.1) is 11.3 Å². The molecule has 3 heterocycles. The lowest BCUT2D eigenvalue weighted by molar-refractivity contribution is 0.372. The zero-order valence-corrected chi connectivity index (χ0v) is 14.9. The van der Waals surface area contributed by atoms with E-state index in [1.807, 2.05) is 0 Å². The Labute approximate surface area is 143 Å². The van der Waals surface area contributed by atoms with Crippen LogP contribution < -0.4 is 4.72 Å². The summed E-state index contributed by atoms with van der Waals surface area (Å²) in [6, 6.07) is 5.01. The number of hydrogen-bond acceptors (Lipinski definition) is 7. The van der Waals surface area contributed by atoms with Crippen LogP contribution in [0.3, 0.4) is 0 Å². The molecule has 0 amide bonds. The predicted octanol–water partition coefficient (Wildman–Crippen LogP) is 3.07. The van der Waals surface area contributed by atoms with E-state index >= 15 is 0 Å². The quantitative estimate of drug-likeness (QED) is 0.689. The Hall–Kier alpha value is -1.97. The third-order valence-corrected chi connectivity index (χ3v) is 6.06. The van der Waals surface area contributed by atoms with Crippen molar-refractivity contribution in [2.24, 2.45) is 5.92 Å². The van der Waals surface area contributed by atoms with Crippen LogP contribution in [0.4, 0.5) is 0 Å². The molecule has 0 aliphatic heterocycles. The normalized spacial score (nSPS) is 12.1. The molecule has 0 aromatic carbocycles. The van der Waals surface area contributed by atoms with E-state index in [0.29, 0.717) is 23.0 Å². The third-order valence-electron chi connectivity index (χ3n) is 3.22. The van der Waals surface area contributed by atoms with E-state index in [4.69, 9.17) is 9.05 Å². The van der Waals surface area contributed by atoms with Crippen LogP contribution in [0.1, 0.15) is 25.3 Å². The van der Waals surface area contributed by atoms with Gasteiger partial charge in [0.15, 0.2) is 11.5 Å². The van der Waals surface area contributed by atoms with E-state index < -0.39 is 10.0 Å². The molecule has 0 fully saturated rings. The topological polar surface area (TPSA) is 98.2 Å². The highest BCUT2D eigenvalue weighted by Gasteiger charge is 2.19. The monoisotopic (exact) mass is 367 g/mol. The number of aromatic nitrogens is 2. The second kappa shape index (κ2) is 6.88. The average Bonchev–Trinajstić information content (AvgIpc) is 3.25. The fraction of sp³-hybridized carbons (Fsp3) is 0.333. The van der Waals surface area contributed by atoms with Crippen molar-refractivity contribution in [2.45, 2.75) is 31.0 Å². The molecule has 0 spiro atoms. The van der Waals surface area contributed by atoms with Gasteiger partial charge < -0.3 is 9.05 Å². The van der Waals surface area contributed by atoms with Gasteiger partial charge in [-0.2, -0.15) is 0 Å². The number of nitrogens with one attached hydrogen (secondary N) is 1. The summed E-state index contributed by atoms with van der Waals surface area (Å²) in [7, 11) is -3.62. The van der Waals surface area contributed by atoms with E-state index in [9.17, 15) is 8.42 Å². The molecule has 7 nitrogen and oxygen atoms in total. The van der Waals surface area contributed by atoms with Crippen molar-refractivity contribution in [2.75, 3.05) is 0 Å². The van der Waals surface area contributed by atoms with E-state index in [0.717, 1.165) is 23.5 Å². The summed E-state index contributed by atoms with van der Waals surface area (Å²) in [4.78, 5) is 0. The molecule has 1 N–H and O–H groups in total. The summed E-state index contributed by atoms with van der Waals surface area (Å²) in [5.41, 5.74) is 1.50. The Kier molecular flexibility index (Phi) is 4.83. The first-order valence-corrected chi connectivity index (χ1v) is 9.74. The summed E-state index contributed by atoms with van der Waals surface area (Å²) < 4.78 is 37.6. The molecule has 0 unspecified atom stereocenters. The molecule has 3 aromatic heterocycles. The van der Waals surface area contributed by atoms with Gasteiger partial charge in [-0.1, -0.05) is 24.2 Å². The number of thiophene rings is 1. The van der Waals surface area contributed by atoms with Gasteiger partial charge in [0.1, 0.15) is 4.21 Å². The number of hydrogen-bond donors (Lipinski definition) is 1. The summed E-state index contributed by atoms with van der Waals surface area (Å²) in [6.45, 7) is 4.23. The van der Waals surface area contributed by atoms with E-state index in [1.54, 1.807) is 23.6 Å². The SMILES string of the molecule is CC(C)Cc1cc(CNS(=O)(=O)c2cc(-c3ccno3)cs2)on1. The van der Waals surface area contributed by atoms with Crippen molar-refractivity contribution in [3.63, 3.8) is 0 Å². The van der Waals surface area contributed by atoms with Gasteiger partial charge in [-0.3, -0.25) is 0 Å². The van der Waals surface area contributed by atoms with Crippen molar-refractivity contribution in [3.05, 3.63) is 41.2 Å². The summed E-state index contributed by atoms with van der Waals surface area (Å²) in [5.74, 6) is 1.47. The van der Waals surface area contributed by atoms with Gasteiger partial charge in [0.05, 0.1) is 18.4 Å². The Morgan fingerprint density at radius 1 is 1.29 bits per heavy atom. The smallest absolute Gasteiger partial charge is 0.250 e. The van der Waals surface area contributed by atoms with Crippen LogP contribution in [-0.2, 0) is 23.0 Å². The Bertz CT molecular complexity index is 895. The maximum Gasteiger partial charge on any atom is 0.250 e. The molecule has 0 bridgehead atoms. The summed E-state index contributed by atoms with van der Waals surface area (Å²) in [6.07, 6.45) is 2.31. The lowest BCUT2D eigenvalue weighted by atomic mass is 10.1. The first kappa shape index (κ1) is 16.9. The average molecular weight is 367 g/mol. The minimum absolute atomic E-state index is 0.0585. The van der Waals surface area contributed by atoms with Gasteiger partial charge in [-0.05, 0) is 18.4 Å². The number of rotatable bonds is 7. The predicted molar refractivity (Wildman–Crippen MR) is 88.9 cm³/mol. The second-order valence-corrected chi connectivity index (χ2v) is 8.64. The van der Waals surface area contributed by atoms with Crippen LogP contribution >= 0.6 is 11.3 Å². The van der Waals surface area contributed by atoms with Crippen molar-refractivity contribution in [1.82, 2.24) is 15.0 Å². The zero-order valence-electron chi connectivity index (χ0n) is 13.2. The summed E-state index contributed by atoms with van der Waals surface area (Å²) >= 11 is 1.12. The standard InChI is InChI=1S/C15H17N3O4S2/c1-10(2)5-12-7-13(21-18-12)8-17-24(19,20)15-6-11(9-23-15)14-3-4-16-22-14/h3-4,6-7,9-10,17H,5,8H2,1-2H3. The fourth-order valence-electron chi connectivity index (χ4n) is 2.14. The van der Waals surface area contributed by atoms with Gasteiger partial charge in [-0.25, -0.2) is 13.1 Å². The molecule has 128 valence electrons. The molecular formula is C15H17N3O4S2. The van der Waals surface area contributed by atoms with Crippen LogP contribution in [0.2, 0.25) is 0 Å². The van der Waals surface area contributed by atoms with Crippen LogP contribution in [0.5, 0.6) is 0 Å². The van der Waals surface area contributed by atoms with Gasteiger partial charge >= 0.3 is 0 Å². The Balaban J connectivity index is 1.67. The molecule has 0 aliphatic rings. The largest absolute Gasteiger partial charge is 0.360 e. The molecule has 0 radical (unpaired) electrons. The highest BCUT2D eigenvalue weighted by atomic mass is 32.2. The van der Waals surface area contributed by atoms with E-state index in [2.05, 4.69) is 28.9 Å². The molecule has 9 heteroatoms. The van der Waals surface area contributed by atoms with Crippen LogP contribution in [0.25, 0.3) is 11.3 Å². The highest BCUT2D eigenvalue weighted by Crippen LogP contribution is 2.28. The van der Waals surface area contributed by atoms with Crippen LogP contribution in [0.15, 0.2) is 43.0 Å². The van der Waals surface area contributed by atoms with Gasteiger partial charge in [0, 0.05) is 23.1 Å². The Morgan fingerprint density at radius 3 is 2.83 bits per heavy atom. The van der Waals surface area contributed by atoms with E-state index in [1.165, 1.54) is 6.20 Å². The molecule has 0 saturated heterocycles. The van der Waals surface area contributed by atoms with Gasteiger partial charge in [0.2, 0.25) is 10.0 Å². The fourth-order valence-corrected chi connectivity index (χ4v) is 4.35. The van der Waals surface area contributed by atoms with Gasteiger partial charge in [0.25, 0.3) is 0 Å². The third kappa shape index (κ3) is 3.92. The lowest BCUT2D eigenvalue weighted by Gasteiger charge is -2.01. The van der Waals surface area contributed by atoms with Crippen LogP contribution in [0, 0.1) is 5.92 Å². The molecule has 0 saturated carbocycles. The maximum absolute atomic E-state index is 12.4. The van der Waals surface area contributed by atoms with Crippen molar-refractivity contribution in [1.29, 1.82) is 0 Å². The lowest BCUT2D eigenvalue weighted by Crippen LogP contribution is -2.22. The molecule has 0 aliphatic carbocycles. The van der Waals surface area contributed by atoms with Crippen molar-refractivity contribution >= 4 is 21.4 Å². The molecule has 3 aromatic rings. The molecule has 0 atom stereocenters. The van der Waals surface area contributed by atoms with Crippen molar-refractivity contribution in [3.8, 4) is 11.3 Å². The number of nitrogens with zero attached hydrogens (tertiary/aromatic N) is 2. The Morgan fingerprint density at radius 2 is 2.12 bits per heavy atom. The minimum atomic E-state index is -3.62. The number of sulfonamides is 1. The highest BCUT2D eigenvalue weighted by molar-refractivity contribution is 7.91. The van der Waals surface area contributed by atoms with Crippen molar-refractivity contribution < 1.29 is 17.5 Å². The summed E-state index contributed by atoms with van der Waals surface area (Å²) in [5, 5.41) is 9.27. The zero-order chi connectivity index (χ0) is 17.2. The first-order chi connectivity index (χ1) is 11.4. The molecular weight excluding hydrogens is 350 g/mol. The minimum Gasteiger partial charge on any atom is -0.360 e. The first-order valence-electron chi connectivity index (χ1n) is 7.38. The molecule has 24 heavy (non-hydrogen) atoms. The molecule has 3 rings (SSSR count). The second-order valence-electron chi connectivity index (χ2n) is 5.74.